The average Bonchev–Trinajstić information content (AvgIpc) is 2.47. The van der Waals surface area contributed by atoms with E-state index in [-0.39, 0.29) is 5.72 Å². The SMILES string of the molecule is CC1(C)NC(C[C@H]2CCCOC2)CO1. The molecule has 82 valence electrons. The molecule has 0 aromatic carbocycles. The summed E-state index contributed by atoms with van der Waals surface area (Å²) in [5, 5.41) is 3.50. The fourth-order valence-electron chi connectivity index (χ4n) is 2.41. The van der Waals surface area contributed by atoms with Crippen molar-refractivity contribution in [3.8, 4) is 0 Å². The summed E-state index contributed by atoms with van der Waals surface area (Å²) in [7, 11) is 0. The molecule has 0 aliphatic carbocycles. The van der Waals surface area contributed by atoms with E-state index in [0.717, 1.165) is 25.7 Å². The van der Waals surface area contributed by atoms with Crippen molar-refractivity contribution >= 4 is 0 Å². The zero-order chi connectivity index (χ0) is 10.0. The number of hydrogen-bond donors (Lipinski definition) is 1. The minimum absolute atomic E-state index is 0.125. The molecule has 2 heterocycles. The van der Waals surface area contributed by atoms with Crippen molar-refractivity contribution in [2.24, 2.45) is 5.92 Å². The van der Waals surface area contributed by atoms with Gasteiger partial charge in [-0.25, -0.2) is 0 Å². The van der Waals surface area contributed by atoms with Gasteiger partial charge in [-0.1, -0.05) is 0 Å². The van der Waals surface area contributed by atoms with E-state index in [4.69, 9.17) is 9.47 Å². The third-order valence-corrected chi connectivity index (χ3v) is 3.07. The summed E-state index contributed by atoms with van der Waals surface area (Å²) in [6.07, 6.45) is 3.74. The smallest absolute Gasteiger partial charge is 0.113 e. The fourth-order valence-corrected chi connectivity index (χ4v) is 2.41. The second kappa shape index (κ2) is 4.17. The molecule has 0 saturated carbocycles. The quantitative estimate of drug-likeness (QED) is 0.731. The van der Waals surface area contributed by atoms with Gasteiger partial charge < -0.3 is 9.47 Å². The van der Waals surface area contributed by atoms with Crippen molar-refractivity contribution in [3.05, 3.63) is 0 Å². The summed E-state index contributed by atoms with van der Waals surface area (Å²) in [5.41, 5.74) is -0.125. The minimum atomic E-state index is -0.125. The van der Waals surface area contributed by atoms with E-state index < -0.39 is 0 Å². The number of rotatable bonds is 2. The van der Waals surface area contributed by atoms with Crippen LogP contribution in [0.15, 0.2) is 0 Å². The van der Waals surface area contributed by atoms with Crippen LogP contribution in [0.4, 0.5) is 0 Å². The highest BCUT2D eigenvalue weighted by atomic mass is 16.5. The predicted octanol–water partition coefficient (Wildman–Crippen LogP) is 1.53. The van der Waals surface area contributed by atoms with E-state index in [2.05, 4.69) is 19.2 Å². The second-order valence-corrected chi connectivity index (χ2v) is 4.98. The van der Waals surface area contributed by atoms with Crippen LogP contribution in [-0.4, -0.2) is 31.6 Å². The summed E-state index contributed by atoms with van der Waals surface area (Å²) >= 11 is 0. The van der Waals surface area contributed by atoms with Crippen molar-refractivity contribution in [1.82, 2.24) is 5.32 Å². The van der Waals surface area contributed by atoms with E-state index in [1.807, 2.05) is 0 Å². The van der Waals surface area contributed by atoms with Crippen molar-refractivity contribution in [1.29, 1.82) is 0 Å². The Labute approximate surface area is 86.2 Å². The monoisotopic (exact) mass is 199 g/mol. The van der Waals surface area contributed by atoms with Gasteiger partial charge in [-0.3, -0.25) is 5.32 Å². The minimum Gasteiger partial charge on any atom is -0.381 e. The maximum atomic E-state index is 5.64. The summed E-state index contributed by atoms with van der Waals surface area (Å²) < 4.78 is 11.1. The van der Waals surface area contributed by atoms with Gasteiger partial charge >= 0.3 is 0 Å². The summed E-state index contributed by atoms with van der Waals surface area (Å²) in [6, 6.07) is 0.525. The Balaban J connectivity index is 1.75. The molecule has 3 nitrogen and oxygen atoms in total. The molecule has 14 heavy (non-hydrogen) atoms. The molecule has 0 amide bonds. The van der Waals surface area contributed by atoms with Crippen molar-refractivity contribution in [2.45, 2.75) is 44.9 Å². The molecule has 2 aliphatic heterocycles. The highest BCUT2D eigenvalue weighted by molar-refractivity contribution is 4.84. The second-order valence-electron chi connectivity index (χ2n) is 4.98. The van der Waals surface area contributed by atoms with E-state index in [1.54, 1.807) is 0 Å². The van der Waals surface area contributed by atoms with E-state index >= 15 is 0 Å². The van der Waals surface area contributed by atoms with E-state index in [1.165, 1.54) is 19.3 Å². The molecule has 3 heteroatoms. The van der Waals surface area contributed by atoms with Gasteiger partial charge in [0.05, 0.1) is 6.61 Å². The molecule has 0 bridgehead atoms. The molecule has 0 spiro atoms. The first-order valence-electron chi connectivity index (χ1n) is 5.65. The third kappa shape index (κ3) is 2.69. The summed E-state index contributed by atoms with van der Waals surface area (Å²) in [4.78, 5) is 0. The maximum absolute atomic E-state index is 5.64. The van der Waals surface area contributed by atoms with Gasteiger partial charge in [-0.05, 0) is 39.0 Å². The van der Waals surface area contributed by atoms with Crippen LogP contribution in [0.1, 0.15) is 33.1 Å². The first kappa shape index (κ1) is 10.4. The van der Waals surface area contributed by atoms with Crippen molar-refractivity contribution in [3.63, 3.8) is 0 Å². The Morgan fingerprint density at radius 3 is 2.79 bits per heavy atom. The van der Waals surface area contributed by atoms with E-state index in [0.29, 0.717) is 6.04 Å². The van der Waals surface area contributed by atoms with Gasteiger partial charge in [0.2, 0.25) is 0 Å². The molecular weight excluding hydrogens is 178 g/mol. The highest BCUT2D eigenvalue weighted by Gasteiger charge is 2.32. The number of nitrogens with one attached hydrogen (secondary N) is 1. The lowest BCUT2D eigenvalue weighted by atomic mass is 9.95. The molecule has 1 N–H and O–H groups in total. The van der Waals surface area contributed by atoms with Crippen LogP contribution in [0.3, 0.4) is 0 Å². The zero-order valence-corrected chi connectivity index (χ0v) is 9.21. The van der Waals surface area contributed by atoms with Crippen LogP contribution in [-0.2, 0) is 9.47 Å². The molecular formula is C11H21NO2. The van der Waals surface area contributed by atoms with Crippen LogP contribution in [0.2, 0.25) is 0 Å². The summed E-state index contributed by atoms with van der Waals surface area (Å²) in [5.74, 6) is 0.735. The lowest BCUT2D eigenvalue weighted by Crippen LogP contribution is -2.39. The van der Waals surface area contributed by atoms with E-state index in [9.17, 15) is 0 Å². The maximum Gasteiger partial charge on any atom is 0.113 e. The lowest BCUT2D eigenvalue weighted by Gasteiger charge is -2.25. The first-order valence-corrected chi connectivity index (χ1v) is 5.65. The standard InChI is InChI=1S/C11H21NO2/c1-11(2)12-10(8-14-11)6-9-4-3-5-13-7-9/h9-10,12H,3-8H2,1-2H3/t9-,10?/m1/s1. The van der Waals surface area contributed by atoms with Crippen LogP contribution in [0.5, 0.6) is 0 Å². The van der Waals surface area contributed by atoms with Crippen LogP contribution < -0.4 is 5.32 Å². The van der Waals surface area contributed by atoms with Crippen molar-refractivity contribution < 1.29 is 9.47 Å². The molecule has 0 radical (unpaired) electrons. The Hall–Kier alpha value is -0.120. The van der Waals surface area contributed by atoms with Crippen LogP contribution in [0, 0.1) is 5.92 Å². The fraction of sp³-hybridized carbons (Fsp3) is 1.00. The summed E-state index contributed by atoms with van der Waals surface area (Å²) in [6.45, 7) is 6.92. The first-order chi connectivity index (χ1) is 6.66. The van der Waals surface area contributed by atoms with Crippen LogP contribution in [0.25, 0.3) is 0 Å². The molecule has 2 aliphatic rings. The Bertz CT molecular complexity index is 188. The average molecular weight is 199 g/mol. The predicted molar refractivity (Wildman–Crippen MR) is 55.1 cm³/mol. The molecule has 2 atom stereocenters. The highest BCUT2D eigenvalue weighted by Crippen LogP contribution is 2.23. The Morgan fingerprint density at radius 1 is 1.36 bits per heavy atom. The number of ether oxygens (including phenoxy) is 2. The molecule has 2 fully saturated rings. The third-order valence-electron chi connectivity index (χ3n) is 3.07. The Morgan fingerprint density at radius 2 is 2.21 bits per heavy atom. The molecule has 0 aromatic rings. The number of hydrogen-bond acceptors (Lipinski definition) is 3. The van der Waals surface area contributed by atoms with Gasteiger partial charge in [-0.2, -0.15) is 0 Å². The molecule has 0 aromatic heterocycles. The van der Waals surface area contributed by atoms with Gasteiger partial charge in [0.1, 0.15) is 5.72 Å². The van der Waals surface area contributed by atoms with Gasteiger partial charge in [0.25, 0.3) is 0 Å². The van der Waals surface area contributed by atoms with Crippen LogP contribution >= 0.6 is 0 Å². The topological polar surface area (TPSA) is 30.5 Å². The molecule has 2 rings (SSSR count). The Kier molecular flexibility index (Phi) is 3.10. The normalized spacial score (nSPS) is 37.3. The molecule has 1 unspecified atom stereocenters. The van der Waals surface area contributed by atoms with Gasteiger partial charge in [-0.15, -0.1) is 0 Å². The zero-order valence-electron chi connectivity index (χ0n) is 9.21. The lowest BCUT2D eigenvalue weighted by molar-refractivity contribution is 0.0227. The van der Waals surface area contributed by atoms with Gasteiger partial charge in [0.15, 0.2) is 0 Å². The van der Waals surface area contributed by atoms with Gasteiger partial charge in [0, 0.05) is 19.3 Å². The largest absolute Gasteiger partial charge is 0.381 e. The molecule has 2 saturated heterocycles. The van der Waals surface area contributed by atoms with Crippen molar-refractivity contribution in [2.75, 3.05) is 19.8 Å².